The molecule has 0 saturated carbocycles. The zero-order valence-corrected chi connectivity index (χ0v) is 37.6. The van der Waals surface area contributed by atoms with Crippen molar-refractivity contribution in [3.63, 3.8) is 0 Å². The SMILES string of the molecule is CCCc1nc2c(C)cc(C(=O)Nc3ccc(Oc4ccc5nc(C(C)Oc6ccc(CC7SC(=O)NC7=O)cc6)[nH]c5c4)cc3)cc2n1Cc1ccc(-c2ccccc2-c2nn[nH]n2)cc1. The lowest BCUT2D eigenvalue weighted by Crippen LogP contribution is -2.25. The number of imidazole rings is 2. The fourth-order valence-corrected chi connectivity index (χ4v) is 9.12. The average molecular weight is 909 g/mol. The van der Waals surface area contributed by atoms with E-state index in [-0.39, 0.29) is 23.2 Å². The van der Waals surface area contributed by atoms with E-state index in [0.717, 1.165) is 85.9 Å². The van der Waals surface area contributed by atoms with Gasteiger partial charge < -0.3 is 24.3 Å². The number of carbonyl (C=O) groups is 3. The van der Waals surface area contributed by atoms with Crippen molar-refractivity contribution in [3.8, 4) is 39.8 Å². The number of carbonyl (C=O) groups excluding carboxylic acids is 3. The van der Waals surface area contributed by atoms with E-state index in [0.29, 0.717) is 53.1 Å². The lowest BCUT2D eigenvalue weighted by molar-refractivity contribution is -0.118. The van der Waals surface area contributed by atoms with Crippen molar-refractivity contribution in [1.82, 2.24) is 45.5 Å². The summed E-state index contributed by atoms with van der Waals surface area (Å²) in [5, 5.41) is 19.3. The number of hydrogen-bond donors (Lipinski definition) is 4. The van der Waals surface area contributed by atoms with Crippen molar-refractivity contribution < 1.29 is 23.9 Å². The third-order valence-corrected chi connectivity index (χ3v) is 12.6. The van der Waals surface area contributed by atoms with Gasteiger partial charge in [0.1, 0.15) is 28.9 Å². The van der Waals surface area contributed by atoms with E-state index >= 15 is 0 Å². The monoisotopic (exact) mass is 908 g/mol. The summed E-state index contributed by atoms with van der Waals surface area (Å²) in [5.74, 6) is 3.56. The van der Waals surface area contributed by atoms with Crippen LogP contribution in [0.2, 0.25) is 0 Å². The van der Waals surface area contributed by atoms with Crippen LogP contribution in [0, 0.1) is 6.92 Å². The highest BCUT2D eigenvalue weighted by Crippen LogP contribution is 2.32. The van der Waals surface area contributed by atoms with E-state index < -0.39 is 5.25 Å². The normalized spacial score (nSPS) is 14.1. The average Bonchev–Trinajstić information content (AvgIpc) is 4.15. The number of fused-ring (bicyclic) bond motifs is 2. The fraction of sp³-hybridized carbons (Fsp3) is 0.176. The Kier molecular flexibility index (Phi) is 11.8. The molecule has 15 nitrogen and oxygen atoms in total. The first-order valence-electron chi connectivity index (χ1n) is 21.9. The van der Waals surface area contributed by atoms with Crippen LogP contribution in [0.15, 0.2) is 127 Å². The maximum absolute atomic E-state index is 13.8. The Balaban J connectivity index is 0.788. The Hall–Kier alpha value is -8.11. The van der Waals surface area contributed by atoms with Crippen LogP contribution in [0.4, 0.5) is 10.5 Å². The van der Waals surface area contributed by atoms with E-state index in [4.69, 9.17) is 19.4 Å². The van der Waals surface area contributed by atoms with Crippen molar-refractivity contribution in [2.24, 2.45) is 0 Å². The van der Waals surface area contributed by atoms with E-state index in [1.807, 2.05) is 111 Å². The van der Waals surface area contributed by atoms with Gasteiger partial charge in [0.2, 0.25) is 11.7 Å². The topological polar surface area (TPSA) is 195 Å². The Morgan fingerprint density at radius 2 is 1.60 bits per heavy atom. The minimum Gasteiger partial charge on any atom is -0.483 e. The first-order chi connectivity index (χ1) is 32.6. The number of rotatable bonds is 15. The molecule has 0 spiro atoms. The predicted octanol–water partition coefficient (Wildman–Crippen LogP) is 10.1. The number of nitrogens with zero attached hydrogens (tertiary/aromatic N) is 6. The van der Waals surface area contributed by atoms with Crippen LogP contribution >= 0.6 is 11.8 Å². The Bertz CT molecular complexity index is 3280. The Morgan fingerprint density at radius 3 is 2.33 bits per heavy atom. The number of thioether (sulfide) groups is 1. The zero-order chi connectivity index (χ0) is 46.0. The van der Waals surface area contributed by atoms with Crippen LogP contribution in [-0.4, -0.2) is 62.4 Å². The lowest BCUT2D eigenvalue weighted by atomic mass is 9.98. The van der Waals surface area contributed by atoms with Gasteiger partial charge in [-0.25, -0.2) is 9.97 Å². The molecule has 3 aromatic heterocycles. The van der Waals surface area contributed by atoms with Gasteiger partial charge in [-0.3, -0.25) is 19.7 Å². The number of amides is 3. The van der Waals surface area contributed by atoms with Crippen LogP contribution < -0.4 is 20.1 Å². The molecule has 2 unspecified atom stereocenters. The molecule has 3 amide bonds. The lowest BCUT2D eigenvalue weighted by Gasteiger charge is -2.13. The molecule has 0 radical (unpaired) electrons. The summed E-state index contributed by atoms with van der Waals surface area (Å²) >= 11 is 1.02. The number of benzene rings is 6. The van der Waals surface area contributed by atoms with E-state index in [9.17, 15) is 14.4 Å². The molecular weight excluding hydrogens is 865 g/mol. The maximum atomic E-state index is 13.8. The number of anilines is 1. The summed E-state index contributed by atoms with van der Waals surface area (Å²) in [6.07, 6.45) is 1.82. The van der Waals surface area contributed by atoms with Crippen molar-refractivity contribution in [3.05, 3.63) is 161 Å². The molecule has 1 saturated heterocycles. The summed E-state index contributed by atoms with van der Waals surface area (Å²) in [6.45, 7) is 6.65. The number of tetrazole rings is 1. The summed E-state index contributed by atoms with van der Waals surface area (Å²) in [5.41, 5.74) is 10.4. The van der Waals surface area contributed by atoms with Crippen LogP contribution in [0.5, 0.6) is 17.2 Å². The fourth-order valence-electron chi connectivity index (χ4n) is 8.26. The number of imide groups is 1. The number of nitrogens with one attached hydrogen (secondary N) is 4. The van der Waals surface area contributed by atoms with Gasteiger partial charge in [0, 0.05) is 35.8 Å². The largest absolute Gasteiger partial charge is 0.483 e. The van der Waals surface area contributed by atoms with Crippen molar-refractivity contribution in [1.29, 1.82) is 0 Å². The highest BCUT2D eigenvalue weighted by Gasteiger charge is 2.31. The predicted molar refractivity (Wildman–Crippen MR) is 257 cm³/mol. The second kappa shape index (κ2) is 18.4. The number of ether oxygens (including phenoxy) is 2. The number of aromatic amines is 2. The summed E-state index contributed by atoms with van der Waals surface area (Å²) in [6, 6.07) is 40.7. The second-order valence-corrected chi connectivity index (χ2v) is 17.6. The van der Waals surface area contributed by atoms with Gasteiger partial charge in [0.05, 0.1) is 27.3 Å². The molecule has 6 aromatic carbocycles. The van der Waals surface area contributed by atoms with Crippen LogP contribution in [-0.2, 0) is 24.2 Å². The second-order valence-electron chi connectivity index (χ2n) is 16.4. The molecule has 9 aromatic rings. The highest BCUT2D eigenvalue weighted by molar-refractivity contribution is 8.15. The summed E-state index contributed by atoms with van der Waals surface area (Å²) in [7, 11) is 0. The van der Waals surface area contributed by atoms with Gasteiger partial charge in [0.25, 0.3) is 11.1 Å². The molecule has 0 aliphatic carbocycles. The molecule has 1 fully saturated rings. The third kappa shape index (κ3) is 9.24. The molecule has 4 heterocycles. The molecule has 0 bridgehead atoms. The molecule has 67 heavy (non-hydrogen) atoms. The molecule has 16 heteroatoms. The maximum Gasteiger partial charge on any atom is 0.286 e. The van der Waals surface area contributed by atoms with Crippen LogP contribution in [0.1, 0.15) is 65.1 Å². The number of aromatic nitrogens is 8. The molecule has 1 aliphatic heterocycles. The molecular formula is C51H44N10O5S. The Labute approximate surface area is 388 Å². The zero-order valence-electron chi connectivity index (χ0n) is 36.7. The minimum absolute atomic E-state index is 0.225. The van der Waals surface area contributed by atoms with Crippen molar-refractivity contribution >= 4 is 56.6 Å². The smallest absolute Gasteiger partial charge is 0.286 e. The van der Waals surface area contributed by atoms with Gasteiger partial charge in [-0.1, -0.05) is 79.3 Å². The van der Waals surface area contributed by atoms with Crippen LogP contribution in [0.3, 0.4) is 0 Å². The number of H-pyrrole nitrogens is 2. The van der Waals surface area contributed by atoms with E-state index in [2.05, 4.69) is 78.1 Å². The first kappa shape index (κ1) is 42.8. The van der Waals surface area contributed by atoms with Gasteiger partial charge in [-0.2, -0.15) is 5.21 Å². The van der Waals surface area contributed by atoms with Gasteiger partial charge in [-0.05, 0) is 120 Å². The van der Waals surface area contributed by atoms with Crippen molar-refractivity contribution in [2.45, 2.75) is 57.9 Å². The molecule has 2 atom stereocenters. The highest BCUT2D eigenvalue weighted by atomic mass is 32.2. The first-order valence-corrected chi connectivity index (χ1v) is 22.8. The van der Waals surface area contributed by atoms with Crippen LogP contribution in [0.25, 0.3) is 44.6 Å². The quantitative estimate of drug-likeness (QED) is 0.0764. The third-order valence-electron chi connectivity index (χ3n) is 11.6. The Morgan fingerprint density at radius 1 is 0.851 bits per heavy atom. The number of aryl methyl sites for hydroxylation is 2. The molecule has 1 aliphatic rings. The molecule has 4 N–H and O–H groups in total. The summed E-state index contributed by atoms with van der Waals surface area (Å²) in [4.78, 5) is 50.4. The van der Waals surface area contributed by atoms with Gasteiger partial charge in [0.15, 0.2) is 6.10 Å². The standard InChI is InChI=1S/C51H44N10O5S/c1-4-7-45-55-46-29(2)24-34(26-43(46)61(45)28-32-10-14-33(15-11-32)39-8-5-6-9-40(39)48-57-59-60-58-48)49(62)52-35-16-20-37(21-17-35)66-38-22-23-41-42(27-38)54-47(53-41)30(3)65-36-18-12-31(13-19-36)25-44-50(63)56-51(64)67-44/h5-6,8-24,26-27,30,44H,4,7,25,28H2,1-3H3,(H,52,62)(H,53,54)(H,56,63,64)(H,57,58,59,60). The van der Waals surface area contributed by atoms with Gasteiger partial charge in [-0.15, -0.1) is 10.2 Å². The molecule has 334 valence electrons. The summed E-state index contributed by atoms with van der Waals surface area (Å²) < 4.78 is 14.6. The van der Waals surface area contributed by atoms with Crippen molar-refractivity contribution in [2.75, 3.05) is 5.32 Å². The van der Waals surface area contributed by atoms with Gasteiger partial charge >= 0.3 is 0 Å². The molecule has 10 rings (SSSR count). The van der Waals surface area contributed by atoms with E-state index in [1.165, 1.54) is 0 Å². The van der Waals surface area contributed by atoms with E-state index in [1.54, 1.807) is 0 Å². The minimum atomic E-state index is -0.422. The number of hydrogen-bond acceptors (Lipinski definition) is 11.